The molecule has 0 amide bonds. The van der Waals surface area contributed by atoms with Crippen LogP contribution in [-0.4, -0.2) is 33.4 Å². The molecule has 0 unspecified atom stereocenters. The number of methoxy groups -OCH3 is 1. The monoisotopic (exact) mass is 389 g/mol. The molecule has 0 saturated carbocycles. The lowest BCUT2D eigenvalue weighted by Crippen LogP contribution is -2.43. The Hall–Kier alpha value is -1.35. The summed E-state index contributed by atoms with van der Waals surface area (Å²) in [5.74, 6) is 4.28. The number of hydrogen-bond donors (Lipinski definition) is 0. The molecule has 3 nitrogen and oxygen atoms in total. The zero-order chi connectivity index (χ0) is 19.3. The molecule has 5 heteroatoms. The van der Waals surface area contributed by atoms with Crippen LogP contribution in [0.15, 0.2) is 18.2 Å². The third-order valence-electron chi connectivity index (χ3n) is 5.17. The smallest absolute Gasteiger partial charge is 0.167 e. The van der Waals surface area contributed by atoms with E-state index in [1.807, 2.05) is 12.1 Å². The molecule has 0 aliphatic heterocycles. The Bertz CT molecular complexity index is 764. The third kappa shape index (κ3) is 4.48. The summed E-state index contributed by atoms with van der Waals surface area (Å²) in [4.78, 5) is 4.74. The summed E-state index contributed by atoms with van der Waals surface area (Å²) in [7, 11) is -0.0517. The van der Waals surface area contributed by atoms with Crippen LogP contribution in [0.3, 0.4) is 0 Å². The highest BCUT2D eigenvalue weighted by atomic mass is 32.1. The van der Waals surface area contributed by atoms with Crippen LogP contribution in [0.2, 0.25) is 16.6 Å². The summed E-state index contributed by atoms with van der Waals surface area (Å²) in [5.41, 5.74) is 6.60. The number of aromatic nitrogens is 1. The van der Waals surface area contributed by atoms with Crippen LogP contribution in [0.25, 0.3) is 10.2 Å². The van der Waals surface area contributed by atoms with E-state index in [1.165, 1.54) is 0 Å². The Kier molecular flexibility index (Phi) is 7.28. The summed E-state index contributed by atoms with van der Waals surface area (Å²) >= 11 is 1.67. The molecule has 1 aromatic heterocycles. The first-order chi connectivity index (χ1) is 12.3. The van der Waals surface area contributed by atoms with Crippen LogP contribution in [0.4, 0.5) is 0 Å². The number of rotatable bonds is 7. The van der Waals surface area contributed by atoms with Crippen molar-refractivity contribution in [3.05, 3.63) is 23.2 Å². The van der Waals surface area contributed by atoms with E-state index in [9.17, 15) is 0 Å². The van der Waals surface area contributed by atoms with Crippen LogP contribution < -0.4 is 4.74 Å². The van der Waals surface area contributed by atoms with E-state index in [2.05, 4.69) is 59.1 Å². The minimum absolute atomic E-state index is 0.546. The van der Waals surface area contributed by atoms with Gasteiger partial charge in [-0.15, -0.1) is 16.9 Å². The van der Waals surface area contributed by atoms with E-state index in [0.717, 1.165) is 21.0 Å². The first kappa shape index (κ1) is 21.0. The minimum Gasteiger partial charge on any atom is -0.491 e. The van der Waals surface area contributed by atoms with Gasteiger partial charge in [0.1, 0.15) is 20.4 Å². The van der Waals surface area contributed by atoms with Crippen LogP contribution in [0.1, 0.15) is 46.6 Å². The molecule has 0 aliphatic rings. The Labute approximate surface area is 163 Å². The van der Waals surface area contributed by atoms with Crippen molar-refractivity contribution in [3.8, 4) is 17.2 Å². The lowest BCUT2D eigenvalue weighted by atomic mass is 10.3. The zero-order valence-corrected chi connectivity index (χ0v) is 18.9. The number of thiazole rings is 1. The number of ether oxygens (including phenoxy) is 2. The molecule has 0 fully saturated rings. The number of fused-ring (bicyclic) bond motifs is 1. The molecule has 1 aromatic carbocycles. The Morgan fingerprint density at radius 1 is 1.04 bits per heavy atom. The molecular formula is C21H31NO2SSi. The van der Waals surface area contributed by atoms with Crippen molar-refractivity contribution in [3.63, 3.8) is 0 Å². The van der Waals surface area contributed by atoms with Crippen molar-refractivity contribution in [1.82, 2.24) is 4.98 Å². The molecule has 0 atom stereocenters. The quantitative estimate of drug-likeness (QED) is 0.336. The highest BCUT2D eigenvalue weighted by Crippen LogP contribution is 2.40. The summed E-state index contributed by atoms with van der Waals surface area (Å²) in [5, 5.41) is 0.910. The van der Waals surface area contributed by atoms with E-state index in [0.29, 0.717) is 29.8 Å². The predicted octanol–water partition coefficient (Wildman–Crippen LogP) is 5.89. The van der Waals surface area contributed by atoms with Gasteiger partial charge in [0.25, 0.3) is 0 Å². The number of nitrogens with zero attached hydrogens (tertiary/aromatic N) is 1. The van der Waals surface area contributed by atoms with Gasteiger partial charge in [-0.05, 0) is 34.7 Å². The minimum atomic E-state index is -1.73. The van der Waals surface area contributed by atoms with E-state index in [4.69, 9.17) is 14.5 Å². The molecule has 1 heterocycles. The van der Waals surface area contributed by atoms with Crippen LogP contribution in [-0.2, 0) is 4.74 Å². The average molecular weight is 390 g/mol. The van der Waals surface area contributed by atoms with Gasteiger partial charge in [-0.3, -0.25) is 0 Å². The van der Waals surface area contributed by atoms with Crippen molar-refractivity contribution in [2.45, 2.75) is 58.2 Å². The van der Waals surface area contributed by atoms with Gasteiger partial charge in [-0.2, -0.15) is 0 Å². The highest BCUT2D eigenvalue weighted by Gasteiger charge is 2.41. The number of benzene rings is 1. The molecule has 0 N–H and O–H groups in total. The third-order valence-corrected chi connectivity index (χ3v) is 12.4. The lowest BCUT2D eigenvalue weighted by Gasteiger charge is -2.37. The van der Waals surface area contributed by atoms with E-state index < -0.39 is 8.07 Å². The maximum Gasteiger partial charge on any atom is 0.167 e. The van der Waals surface area contributed by atoms with Crippen molar-refractivity contribution in [1.29, 1.82) is 0 Å². The summed E-state index contributed by atoms with van der Waals surface area (Å²) < 4.78 is 11.9. The molecule has 0 saturated heterocycles. The van der Waals surface area contributed by atoms with Crippen molar-refractivity contribution in [2.24, 2.45) is 0 Å². The van der Waals surface area contributed by atoms with Crippen LogP contribution in [0, 0.1) is 11.5 Å². The Morgan fingerprint density at radius 3 is 2.27 bits per heavy atom. The maximum absolute atomic E-state index is 5.68. The van der Waals surface area contributed by atoms with Crippen molar-refractivity contribution < 1.29 is 9.47 Å². The molecule has 142 valence electrons. The van der Waals surface area contributed by atoms with Gasteiger partial charge in [0.15, 0.2) is 5.01 Å². The van der Waals surface area contributed by atoms with Gasteiger partial charge in [0.2, 0.25) is 0 Å². The second kappa shape index (κ2) is 9.03. The van der Waals surface area contributed by atoms with Gasteiger partial charge in [0.05, 0.1) is 16.8 Å². The predicted molar refractivity (Wildman–Crippen MR) is 115 cm³/mol. The molecule has 2 rings (SSSR count). The fraction of sp³-hybridized carbons (Fsp3) is 0.571. The fourth-order valence-corrected chi connectivity index (χ4v) is 9.98. The SMILES string of the molecule is COCCOc1ccc2sc(C#C[Si](C(C)C)(C(C)C)C(C)C)nc2c1. The largest absolute Gasteiger partial charge is 0.491 e. The van der Waals surface area contributed by atoms with Gasteiger partial charge < -0.3 is 9.47 Å². The second-order valence-electron chi connectivity index (χ2n) is 7.64. The second-order valence-corrected chi connectivity index (χ2v) is 14.2. The number of hydrogen-bond acceptors (Lipinski definition) is 4. The van der Waals surface area contributed by atoms with Gasteiger partial charge in [-0.1, -0.05) is 41.5 Å². The fourth-order valence-electron chi connectivity index (χ4n) is 3.89. The standard InChI is InChI=1S/C21H31NO2SSi/c1-15(2)26(16(3)4,17(5)6)13-10-21-22-19-14-18(24-12-11-23-7)8-9-20(19)25-21/h8-9,14-17H,11-12H2,1-7H3. The molecule has 0 bridgehead atoms. The Balaban J connectivity index is 2.32. The molecule has 0 aliphatic carbocycles. The zero-order valence-electron chi connectivity index (χ0n) is 17.1. The van der Waals surface area contributed by atoms with Crippen LogP contribution >= 0.6 is 11.3 Å². The summed E-state index contributed by atoms with van der Waals surface area (Å²) in [6, 6.07) is 6.05. The van der Waals surface area contributed by atoms with Gasteiger partial charge in [0, 0.05) is 13.2 Å². The first-order valence-electron chi connectivity index (χ1n) is 9.36. The topological polar surface area (TPSA) is 31.4 Å². The van der Waals surface area contributed by atoms with Crippen molar-refractivity contribution in [2.75, 3.05) is 20.3 Å². The lowest BCUT2D eigenvalue weighted by molar-refractivity contribution is 0.146. The maximum atomic E-state index is 5.68. The van der Waals surface area contributed by atoms with Crippen LogP contribution in [0.5, 0.6) is 5.75 Å². The van der Waals surface area contributed by atoms with E-state index in [-0.39, 0.29) is 0 Å². The summed E-state index contributed by atoms with van der Waals surface area (Å²) in [6.45, 7) is 15.1. The van der Waals surface area contributed by atoms with Gasteiger partial charge >= 0.3 is 0 Å². The molecule has 0 spiro atoms. The molecule has 2 aromatic rings. The molecule has 0 radical (unpaired) electrons. The average Bonchev–Trinajstić information content (AvgIpc) is 2.96. The Morgan fingerprint density at radius 2 is 1.69 bits per heavy atom. The first-order valence-corrected chi connectivity index (χ1v) is 12.4. The molecular weight excluding hydrogens is 358 g/mol. The van der Waals surface area contributed by atoms with E-state index in [1.54, 1.807) is 18.4 Å². The highest BCUT2D eigenvalue weighted by molar-refractivity contribution is 7.19. The van der Waals surface area contributed by atoms with Crippen molar-refractivity contribution >= 4 is 29.6 Å². The van der Waals surface area contributed by atoms with E-state index >= 15 is 0 Å². The van der Waals surface area contributed by atoms with Gasteiger partial charge in [-0.25, -0.2) is 4.98 Å². The normalized spacial score (nSPS) is 12.1. The summed E-state index contributed by atoms with van der Waals surface area (Å²) in [6.07, 6.45) is 0. The molecule has 26 heavy (non-hydrogen) atoms.